The monoisotopic (exact) mass is 935 g/mol. The Morgan fingerprint density at radius 1 is 0.677 bits per heavy atom. The van der Waals surface area contributed by atoms with Crippen molar-refractivity contribution < 1.29 is 94.8 Å². The molecule has 19 nitrogen and oxygen atoms in total. The van der Waals surface area contributed by atoms with Gasteiger partial charge < -0.3 is 94.8 Å². The highest BCUT2D eigenvalue weighted by Crippen LogP contribution is 2.89. The van der Waals surface area contributed by atoms with Gasteiger partial charge in [-0.3, -0.25) is 0 Å². The van der Waals surface area contributed by atoms with Crippen molar-refractivity contribution in [3.63, 3.8) is 0 Å². The zero-order chi connectivity index (χ0) is 47.8. The fraction of sp³-hybridized carbons (Fsp3) is 1.00. The summed E-state index contributed by atoms with van der Waals surface area (Å²) in [6, 6.07) is 0. The van der Waals surface area contributed by atoms with Gasteiger partial charge in [0, 0.05) is 5.92 Å². The van der Waals surface area contributed by atoms with Crippen LogP contribution in [0.3, 0.4) is 0 Å². The van der Waals surface area contributed by atoms with Gasteiger partial charge in [-0.15, -0.1) is 0 Å². The molecule has 0 aromatic heterocycles. The summed E-state index contributed by atoms with van der Waals surface area (Å²) >= 11 is 0. The molecule has 0 bridgehead atoms. The van der Waals surface area contributed by atoms with Gasteiger partial charge in [0.2, 0.25) is 0 Å². The number of ether oxygens (including phenoxy) is 6. The summed E-state index contributed by atoms with van der Waals surface area (Å²) < 4.78 is 36.6. The molecule has 3 aliphatic heterocycles. The Kier molecular flexibility index (Phi) is 13.4. The summed E-state index contributed by atoms with van der Waals surface area (Å²) in [5.74, 6) is -0.915. The Bertz CT molecular complexity index is 1690. The Morgan fingerprint density at radius 2 is 1.31 bits per heavy atom. The number of rotatable bonds is 12. The first-order chi connectivity index (χ1) is 30.1. The van der Waals surface area contributed by atoms with E-state index in [1.165, 1.54) is 13.8 Å². The lowest BCUT2D eigenvalue weighted by Crippen LogP contribution is -2.64. The maximum atomic E-state index is 12.7. The molecule has 13 N–H and O–H groups in total. The second kappa shape index (κ2) is 17.2. The van der Waals surface area contributed by atoms with Crippen molar-refractivity contribution in [1.29, 1.82) is 0 Å². The number of hydrogen-bond acceptors (Lipinski definition) is 19. The second-order valence-corrected chi connectivity index (χ2v) is 23.4. The van der Waals surface area contributed by atoms with E-state index in [-0.39, 0.29) is 48.7 Å². The summed E-state index contributed by atoms with van der Waals surface area (Å²) in [6.45, 7) is 12.0. The van der Waals surface area contributed by atoms with Crippen LogP contribution >= 0.6 is 0 Å². The number of hydrogen-bond donors (Lipinski definition) is 13. The highest BCUT2D eigenvalue weighted by Gasteiger charge is 2.85. The lowest BCUT2D eigenvalue weighted by atomic mass is 9.41. The molecule has 65 heavy (non-hydrogen) atoms. The number of aliphatic hydroxyl groups excluding tert-OH is 11. The predicted octanol–water partition coefficient (Wildman–Crippen LogP) is -1.86. The van der Waals surface area contributed by atoms with Crippen molar-refractivity contribution in [3.05, 3.63) is 0 Å². The first-order valence-electron chi connectivity index (χ1n) is 23.8. The predicted molar refractivity (Wildman–Crippen MR) is 224 cm³/mol. The van der Waals surface area contributed by atoms with Crippen LogP contribution in [0, 0.1) is 44.8 Å². The molecule has 19 heteroatoms. The molecule has 8 aliphatic rings. The van der Waals surface area contributed by atoms with Crippen molar-refractivity contribution in [2.24, 2.45) is 44.8 Å². The Morgan fingerprint density at radius 3 is 1.95 bits per heavy atom. The minimum Gasteiger partial charge on any atom is -0.394 e. The van der Waals surface area contributed by atoms with Gasteiger partial charge in [-0.2, -0.15) is 0 Å². The van der Waals surface area contributed by atoms with Gasteiger partial charge in [-0.05, 0) is 117 Å². The van der Waals surface area contributed by atoms with E-state index in [0.717, 1.165) is 12.8 Å². The van der Waals surface area contributed by atoms with Crippen LogP contribution in [0.1, 0.15) is 106 Å². The highest BCUT2D eigenvalue weighted by atomic mass is 16.8. The van der Waals surface area contributed by atoms with Crippen LogP contribution in [-0.4, -0.2) is 202 Å². The molecule has 0 amide bonds. The van der Waals surface area contributed by atoms with Crippen LogP contribution in [0.15, 0.2) is 0 Å². The molecule has 2 spiro atoms. The molecular weight excluding hydrogens is 856 g/mol. The van der Waals surface area contributed by atoms with E-state index >= 15 is 0 Å². The summed E-state index contributed by atoms with van der Waals surface area (Å²) in [4.78, 5) is 0. The third kappa shape index (κ3) is 7.90. The zero-order valence-corrected chi connectivity index (χ0v) is 38.8. The first kappa shape index (κ1) is 50.6. The van der Waals surface area contributed by atoms with Crippen LogP contribution in [-0.2, 0) is 28.4 Å². The molecule has 25 unspecified atom stereocenters. The van der Waals surface area contributed by atoms with Crippen molar-refractivity contribution >= 4 is 0 Å². The first-order valence-corrected chi connectivity index (χ1v) is 23.8. The van der Waals surface area contributed by atoms with E-state index < -0.39 is 144 Å². The molecule has 0 aromatic rings. The average Bonchev–Trinajstić information content (AvgIpc) is 3.81. The van der Waals surface area contributed by atoms with Gasteiger partial charge in [0.25, 0.3) is 0 Å². The van der Waals surface area contributed by atoms with Gasteiger partial charge in [-0.1, -0.05) is 27.7 Å². The van der Waals surface area contributed by atoms with E-state index in [2.05, 4.69) is 27.7 Å². The molecule has 376 valence electrons. The maximum Gasteiger partial charge on any atom is 0.186 e. The van der Waals surface area contributed by atoms with E-state index in [9.17, 15) is 66.4 Å². The van der Waals surface area contributed by atoms with Crippen molar-refractivity contribution in [3.8, 4) is 0 Å². The maximum absolute atomic E-state index is 12.7. The normalized spacial score (nSPS) is 54.4. The summed E-state index contributed by atoms with van der Waals surface area (Å²) in [5, 5.41) is 142. The molecule has 3 heterocycles. The van der Waals surface area contributed by atoms with Gasteiger partial charge in [0.15, 0.2) is 18.9 Å². The SMILES string of the molecule is CC(C)(O)C(O)CCC(C)(O)C1C(OC2OC(CO)C(O)C(O)C2O)CC2(C)C3CC(O)C4C(C)(C)C(OC5OCC(O)C(O)C5OC5OCC(O)C(O)C5O)CCC45CC35CCC12C. The molecule has 8 fully saturated rings. The van der Waals surface area contributed by atoms with Gasteiger partial charge in [0.05, 0.1) is 55.4 Å². The highest BCUT2D eigenvalue weighted by molar-refractivity contribution is 5.33. The van der Waals surface area contributed by atoms with Crippen molar-refractivity contribution in [2.75, 3.05) is 19.8 Å². The van der Waals surface area contributed by atoms with Crippen LogP contribution in [0.5, 0.6) is 0 Å². The van der Waals surface area contributed by atoms with E-state index in [1.54, 1.807) is 6.92 Å². The largest absolute Gasteiger partial charge is 0.394 e. The molecule has 25 atom stereocenters. The zero-order valence-electron chi connectivity index (χ0n) is 38.8. The fourth-order valence-electron chi connectivity index (χ4n) is 15.4. The molecular formula is C46H78O19. The lowest BCUT2D eigenvalue weighted by molar-refractivity contribution is -0.356. The molecule has 3 saturated heterocycles. The molecule has 5 saturated carbocycles. The summed E-state index contributed by atoms with van der Waals surface area (Å²) in [7, 11) is 0. The fourth-order valence-corrected chi connectivity index (χ4v) is 15.4. The third-order valence-electron chi connectivity index (χ3n) is 19.0. The van der Waals surface area contributed by atoms with Crippen LogP contribution in [0.4, 0.5) is 0 Å². The smallest absolute Gasteiger partial charge is 0.186 e. The molecule has 0 aromatic carbocycles. The molecule has 8 rings (SSSR count). The summed E-state index contributed by atoms with van der Waals surface area (Å²) in [6.07, 6.45) is -17.8. The van der Waals surface area contributed by atoms with Crippen molar-refractivity contribution in [2.45, 2.75) is 222 Å². The summed E-state index contributed by atoms with van der Waals surface area (Å²) in [5.41, 5.74) is -5.29. The van der Waals surface area contributed by atoms with Crippen LogP contribution < -0.4 is 0 Å². The van der Waals surface area contributed by atoms with Gasteiger partial charge in [-0.25, -0.2) is 0 Å². The number of aliphatic hydroxyl groups is 13. The molecule has 5 aliphatic carbocycles. The quantitative estimate of drug-likeness (QED) is 0.0955. The minimum absolute atomic E-state index is 0.0520. The minimum atomic E-state index is -1.67. The average molecular weight is 935 g/mol. The topological polar surface area (TPSA) is 318 Å². The van der Waals surface area contributed by atoms with Crippen LogP contribution in [0.25, 0.3) is 0 Å². The Hall–Kier alpha value is -0.760. The van der Waals surface area contributed by atoms with Crippen LogP contribution in [0.2, 0.25) is 0 Å². The van der Waals surface area contributed by atoms with E-state index in [4.69, 9.17) is 28.4 Å². The standard InChI is InChI=1S/C46H78O19/c1-40(2)27(64-39-34(29(53)22(50)18-61-39)65-37-32(56)28(52)21(49)17-60-37)9-11-46-19-45(46)13-12-42(5)36(44(7,59)10-8-26(51)41(3,4)58)23(15-43(42,6)25(45)14-20(48)35(40)46)62-38-33(57)31(55)30(54)24(16-47)63-38/h20-39,47-59H,8-19H2,1-7H3. The third-order valence-corrected chi connectivity index (χ3v) is 19.0. The number of fused-ring (bicyclic) bond motifs is 2. The Balaban J connectivity index is 1.06. The molecule has 0 radical (unpaired) electrons. The van der Waals surface area contributed by atoms with E-state index in [0.29, 0.717) is 32.1 Å². The van der Waals surface area contributed by atoms with Gasteiger partial charge >= 0.3 is 0 Å². The second-order valence-electron chi connectivity index (χ2n) is 23.4. The van der Waals surface area contributed by atoms with Gasteiger partial charge in [0.1, 0.15) is 61.0 Å². The van der Waals surface area contributed by atoms with E-state index in [1.807, 2.05) is 0 Å². The Labute approximate surface area is 380 Å². The van der Waals surface area contributed by atoms with Crippen molar-refractivity contribution in [1.82, 2.24) is 0 Å². The lowest BCUT2D eigenvalue weighted by Gasteiger charge is -2.64.